The van der Waals surface area contributed by atoms with Gasteiger partial charge in [0.1, 0.15) is 36.2 Å². The summed E-state index contributed by atoms with van der Waals surface area (Å²) in [6.45, 7) is 6.18. The number of hydrogen-bond donors (Lipinski definition) is 1. The van der Waals surface area contributed by atoms with Gasteiger partial charge in [0.05, 0.1) is 29.1 Å². The topological polar surface area (TPSA) is 110 Å². The van der Waals surface area contributed by atoms with Crippen LogP contribution in [-0.2, 0) is 18.0 Å². The average Bonchev–Trinajstić information content (AvgIpc) is 3.92. The lowest BCUT2D eigenvalue weighted by atomic mass is 10.1. The van der Waals surface area contributed by atoms with Crippen LogP contribution in [0.2, 0.25) is 0 Å². The molecule has 10 nitrogen and oxygen atoms in total. The number of rotatable bonds is 15. The van der Waals surface area contributed by atoms with Crippen molar-refractivity contribution >= 4 is 43.8 Å². The largest absolute Gasteiger partial charge is 0.573 e. The zero-order chi connectivity index (χ0) is 51.7. The van der Waals surface area contributed by atoms with Crippen molar-refractivity contribution in [2.24, 2.45) is 0 Å². The number of aromatic carboxylic acids is 1. The van der Waals surface area contributed by atoms with Gasteiger partial charge in [-0.25, -0.2) is 9.59 Å². The van der Waals surface area contributed by atoms with E-state index in [1.165, 1.54) is 54.6 Å². The van der Waals surface area contributed by atoms with Gasteiger partial charge in [0, 0.05) is 42.8 Å². The molecule has 0 saturated heterocycles. The van der Waals surface area contributed by atoms with Crippen LogP contribution in [0.25, 0.3) is 33.9 Å². The minimum Gasteiger partial charge on any atom is -0.488 e. The minimum absolute atomic E-state index is 0.120. The smallest absolute Gasteiger partial charge is 0.488 e. The van der Waals surface area contributed by atoms with Crippen molar-refractivity contribution in [2.45, 2.75) is 46.7 Å². The number of benzene rings is 6. The molecule has 0 atom stereocenters. The van der Waals surface area contributed by atoms with Crippen molar-refractivity contribution in [1.29, 1.82) is 0 Å². The van der Waals surface area contributed by atoms with Gasteiger partial charge in [-0.1, -0.05) is 68.3 Å². The van der Waals surface area contributed by atoms with Crippen molar-refractivity contribution in [3.63, 3.8) is 0 Å². The van der Waals surface area contributed by atoms with Gasteiger partial charge in [0.15, 0.2) is 0 Å². The number of aryl methyl sites for hydroxylation is 2. The first-order valence-electron chi connectivity index (χ1n) is 21.8. The molecule has 0 fully saturated rings. The van der Waals surface area contributed by atoms with Crippen molar-refractivity contribution in [3.05, 3.63) is 200 Å². The van der Waals surface area contributed by atoms with E-state index in [2.05, 4.69) is 41.3 Å². The third-order valence-corrected chi connectivity index (χ3v) is 11.6. The highest BCUT2D eigenvalue weighted by Crippen LogP contribution is 2.38. The zero-order valence-electron chi connectivity index (χ0n) is 38.4. The van der Waals surface area contributed by atoms with E-state index >= 15 is 0 Å². The van der Waals surface area contributed by atoms with E-state index in [1.54, 1.807) is 43.3 Å². The predicted molar refractivity (Wildman–Crippen MR) is 265 cm³/mol. The molecule has 372 valence electrons. The molecule has 0 radical (unpaired) electrons. The number of nitrogens with zero attached hydrogens (tertiary/aromatic N) is 2. The molecule has 0 unspecified atom stereocenters. The summed E-state index contributed by atoms with van der Waals surface area (Å²) in [4.78, 5) is 23.8. The Labute approximate surface area is 426 Å². The summed E-state index contributed by atoms with van der Waals surface area (Å²) in [6, 6.07) is 43.7. The average molecular weight is 1120 g/mol. The van der Waals surface area contributed by atoms with Crippen LogP contribution in [0.1, 0.15) is 50.2 Å². The highest BCUT2D eigenvalue weighted by atomic mass is 79.9. The van der Waals surface area contributed by atoms with E-state index in [4.69, 9.17) is 14.2 Å². The Morgan fingerprint density at radius 1 is 0.542 bits per heavy atom. The number of carbonyl (C=O) groups is 2. The number of hydrogen-bond acceptors (Lipinski definition) is 7. The molecule has 2 aromatic heterocycles. The zero-order valence-corrected chi connectivity index (χ0v) is 41.5. The summed E-state index contributed by atoms with van der Waals surface area (Å²) in [5.41, 5.74) is 8.45. The molecule has 8 aromatic rings. The molecular formula is C54H42Br2F6N2O8. The third-order valence-electron chi connectivity index (χ3n) is 10.7. The molecule has 0 aliphatic rings. The highest BCUT2D eigenvalue weighted by molar-refractivity contribution is 9.10. The maximum Gasteiger partial charge on any atom is 0.573 e. The van der Waals surface area contributed by atoms with Crippen LogP contribution >= 0.6 is 31.9 Å². The molecule has 18 heteroatoms. The molecule has 0 amide bonds. The summed E-state index contributed by atoms with van der Waals surface area (Å²) >= 11 is 7.02. The van der Waals surface area contributed by atoms with Crippen LogP contribution in [0.3, 0.4) is 0 Å². The van der Waals surface area contributed by atoms with Gasteiger partial charge >= 0.3 is 24.7 Å². The molecule has 72 heavy (non-hydrogen) atoms. The molecule has 0 saturated carbocycles. The molecule has 0 spiro atoms. The maximum atomic E-state index is 12.4. The monoisotopic (exact) mass is 1120 g/mol. The van der Waals surface area contributed by atoms with E-state index in [1.807, 2.05) is 89.7 Å². The quantitative estimate of drug-likeness (QED) is 0.0798. The molecule has 8 rings (SSSR count). The van der Waals surface area contributed by atoms with Gasteiger partial charge < -0.3 is 37.9 Å². The maximum absolute atomic E-state index is 12.4. The number of carboxylic acids is 1. The Hall–Kier alpha value is -7.44. The second-order valence-electron chi connectivity index (χ2n) is 15.8. The van der Waals surface area contributed by atoms with Crippen LogP contribution in [0.4, 0.5) is 26.3 Å². The van der Waals surface area contributed by atoms with Crippen molar-refractivity contribution in [2.75, 3.05) is 6.61 Å². The Morgan fingerprint density at radius 2 is 0.958 bits per heavy atom. The van der Waals surface area contributed by atoms with Crippen LogP contribution in [-0.4, -0.2) is 45.5 Å². The number of alkyl halides is 6. The van der Waals surface area contributed by atoms with Crippen molar-refractivity contribution in [1.82, 2.24) is 9.13 Å². The van der Waals surface area contributed by atoms with Gasteiger partial charge in [-0.2, -0.15) is 0 Å². The van der Waals surface area contributed by atoms with Crippen LogP contribution in [0, 0.1) is 13.8 Å². The van der Waals surface area contributed by atoms with Gasteiger partial charge in [-0.05, 0) is 153 Å². The first kappa shape index (κ1) is 52.4. The van der Waals surface area contributed by atoms with Crippen molar-refractivity contribution < 1.29 is 64.7 Å². The third kappa shape index (κ3) is 13.7. The number of carbonyl (C=O) groups excluding carboxylic acids is 1. The van der Waals surface area contributed by atoms with E-state index in [-0.39, 0.29) is 36.9 Å². The second kappa shape index (κ2) is 22.8. The van der Waals surface area contributed by atoms with Gasteiger partial charge in [-0.15, -0.1) is 26.3 Å². The van der Waals surface area contributed by atoms with Crippen LogP contribution < -0.4 is 18.9 Å². The summed E-state index contributed by atoms with van der Waals surface area (Å²) in [5, 5.41) is 9.39. The fourth-order valence-corrected chi connectivity index (χ4v) is 8.22. The highest BCUT2D eigenvalue weighted by Gasteiger charge is 2.32. The van der Waals surface area contributed by atoms with Gasteiger partial charge in [-0.3, -0.25) is 0 Å². The van der Waals surface area contributed by atoms with Crippen LogP contribution in [0.15, 0.2) is 167 Å². The Kier molecular flexibility index (Phi) is 16.6. The lowest BCUT2D eigenvalue weighted by molar-refractivity contribution is -0.275. The molecule has 6 aromatic carbocycles. The number of aromatic nitrogens is 2. The van der Waals surface area contributed by atoms with Crippen LogP contribution in [0.5, 0.6) is 23.0 Å². The first-order valence-corrected chi connectivity index (χ1v) is 23.4. The summed E-state index contributed by atoms with van der Waals surface area (Å²) in [6.07, 6.45) is -9.49. The van der Waals surface area contributed by atoms with E-state index in [9.17, 15) is 41.0 Å². The summed E-state index contributed by atoms with van der Waals surface area (Å²) in [7, 11) is 0. The summed E-state index contributed by atoms with van der Waals surface area (Å²) in [5.74, 6) is -0.871. The Bertz CT molecular complexity index is 3190. The fraction of sp³-hybridized carbons (Fsp3) is 0.148. The molecule has 1 N–H and O–H groups in total. The van der Waals surface area contributed by atoms with E-state index in [0.29, 0.717) is 33.9 Å². The molecule has 2 heterocycles. The lowest BCUT2D eigenvalue weighted by Crippen LogP contribution is -2.17. The Morgan fingerprint density at radius 3 is 1.36 bits per heavy atom. The number of carboxylic acid groups (broad SMARTS) is 1. The number of esters is 1. The molecule has 0 aliphatic heterocycles. The minimum atomic E-state index is -4.75. The van der Waals surface area contributed by atoms with Gasteiger partial charge in [0.2, 0.25) is 0 Å². The predicted octanol–water partition coefficient (Wildman–Crippen LogP) is 15.3. The number of ether oxygens (including phenoxy) is 5. The lowest BCUT2D eigenvalue weighted by Gasteiger charge is -2.17. The summed E-state index contributed by atoms with van der Waals surface area (Å²) < 4.78 is 105. The molecule has 0 aliphatic carbocycles. The fourth-order valence-electron chi connectivity index (χ4n) is 7.50. The number of halogens is 8. The molecular weight excluding hydrogens is 1080 g/mol. The molecule has 0 bridgehead atoms. The Balaban J connectivity index is 0.000000212. The second-order valence-corrected chi connectivity index (χ2v) is 17.6. The van der Waals surface area contributed by atoms with E-state index in [0.717, 1.165) is 48.5 Å². The van der Waals surface area contributed by atoms with Crippen molar-refractivity contribution in [3.8, 4) is 56.9 Å². The van der Waals surface area contributed by atoms with Gasteiger partial charge in [0.25, 0.3) is 0 Å². The SMILES string of the molecule is CCOC(=O)c1cccc(-n2c(C)ccc2-c2cc(Br)ccc2OCc2ccc(OC(F)(F)F)cc2)c1.Cc1ccc(-c2cc(Br)ccc2OCc2ccc(OC(F)(F)F)cc2)n1-c1cccc(C(=O)O)c1. The normalized spacial score (nSPS) is 11.3. The van der Waals surface area contributed by atoms with E-state index < -0.39 is 24.7 Å². The first-order chi connectivity index (χ1) is 34.2. The standard InChI is InChI=1S/C28H23BrF3NO4.C26H19BrF3NO4/c1-3-35-27(34)20-5-4-6-22(15-20)33-18(2)7-13-25(33)24-16-21(29)10-14-26(24)36-17-19-8-11-23(12-9-19)37-28(30,31)32;1-16-5-11-23(31(16)20-4-2-3-18(13-20)25(32)33)22-14-19(27)8-12-24(22)34-15-17-6-9-21(10-7-17)35-26(28,29)30/h4-16H,3,17H2,1-2H3;2-14H,15H2,1H3,(H,32,33).